The predicted molar refractivity (Wildman–Crippen MR) is 115 cm³/mol. The Morgan fingerprint density at radius 2 is 1.54 bits per heavy atom. The van der Waals surface area contributed by atoms with E-state index >= 15 is 0 Å². The zero-order valence-corrected chi connectivity index (χ0v) is 19.3. The standard InChI is InChI=1S/C8H8Cl2N2S.C8H10N2O2S.CH4.V/c1-13-8(2-3-8)5-4-6(9)12-7(10)11-5;1-13-8(2-3-8)5-4-6(11)10-7(12)9-5;;/h4H,2-3H2,1H3;4H,2-3H2,1H3,(H2,9,10,11,12);1H4;. The van der Waals surface area contributed by atoms with E-state index in [0.717, 1.165) is 37.1 Å². The van der Waals surface area contributed by atoms with E-state index in [1.165, 1.54) is 6.07 Å². The minimum Gasteiger partial charge on any atom is -0.310 e. The Labute approximate surface area is 194 Å². The molecule has 28 heavy (non-hydrogen) atoms. The molecule has 0 unspecified atom stereocenters. The van der Waals surface area contributed by atoms with Gasteiger partial charge in [0.05, 0.1) is 15.2 Å². The van der Waals surface area contributed by atoms with Crippen LogP contribution in [0.1, 0.15) is 44.5 Å². The molecular weight excluding hydrogens is 478 g/mol. The normalized spacial score (nSPS) is 17.3. The first-order valence-electron chi connectivity index (χ1n) is 7.97. The molecule has 6 nitrogen and oxygen atoms in total. The van der Waals surface area contributed by atoms with Gasteiger partial charge in [0.25, 0.3) is 5.56 Å². The number of thioether (sulfide) groups is 2. The number of nitrogens with one attached hydrogen (secondary N) is 2. The van der Waals surface area contributed by atoms with Crippen LogP contribution in [-0.2, 0) is 28.0 Å². The third-order valence-electron chi connectivity index (χ3n) is 4.58. The maximum Gasteiger partial charge on any atom is 0.325 e. The average molecular weight is 500 g/mol. The maximum atomic E-state index is 11.0. The van der Waals surface area contributed by atoms with E-state index in [-0.39, 0.29) is 46.3 Å². The van der Waals surface area contributed by atoms with E-state index in [1.807, 2.05) is 6.26 Å². The van der Waals surface area contributed by atoms with E-state index in [1.54, 1.807) is 29.6 Å². The second-order valence-electron chi connectivity index (χ2n) is 6.24. The van der Waals surface area contributed by atoms with Gasteiger partial charge in [0.15, 0.2) is 0 Å². The van der Waals surface area contributed by atoms with Crippen LogP contribution in [0.3, 0.4) is 0 Å². The maximum absolute atomic E-state index is 11.0. The van der Waals surface area contributed by atoms with Crippen LogP contribution in [0.15, 0.2) is 21.7 Å². The fourth-order valence-corrected chi connectivity index (χ4v) is 4.79. The van der Waals surface area contributed by atoms with Crippen molar-refractivity contribution in [2.45, 2.75) is 42.6 Å². The van der Waals surface area contributed by atoms with Gasteiger partial charge in [0.1, 0.15) is 5.15 Å². The minimum atomic E-state index is -0.414. The van der Waals surface area contributed by atoms with Crippen LogP contribution in [-0.4, -0.2) is 32.4 Å². The zero-order chi connectivity index (χ0) is 18.9. The molecule has 2 aliphatic rings. The summed E-state index contributed by atoms with van der Waals surface area (Å²) in [5, 5.41) is 0.665. The summed E-state index contributed by atoms with van der Waals surface area (Å²) in [5.41, 5.74) is 0.987. The van der Waals surface area contributed by atoms with Crippen LogP contribution in [0.2, 0.25) is 10.4 Å². The predicted octanol–water partition coefficient (Wildman–Crippen LogP) is 4.18. The first-order valence-corrected chi connectivity index (χ1v) is 11.2. The first-order chi connectivity index (χ1) is 12.3. The van der Waals surface area contributed by atoms with Gasteiger partial charge in [0, 0.05) is 30.3 Å². The Morgan fingerprint density at radius 3 is 1.96 bits per heavy atom. The van der Waals surface area contributed by atoms with E-state index in [4.69, 9.17) is 23.2 Å². The van der Waals surface area contributed by atoms with Gasteiger partial charge < -0.3 is 4.98 Å². The van der Waals surface area contributed by atoms with Crippen molar-refractivity contribution in [3.05, 3.63) is 54.8 Å². The van der Waals surface area contributed by atoms with Gasteiger partial charge >= 0.3 is 5.69 Å². The topological polar surface area (TPSA) is 91.5 Å². The monoisotopic (exact) mass is 499 g/mol. The molecule has 0 bridgehead atoms. The third kappa shape index (κ3) is 5.83. The Balaban J connectivity index is 0.000000261. The van der Waals surface area contributed by atoms with E-state index in [0.29, 0.717) is 5.15 Å². The molecule has 0 aromatic carbocycles. The summed E-state index contributed by atoms with van der Waals surface area (Å²) >= 11 is 15.0. The van der Waals surface area contributed by atoms with Gasteiger partial charge in [-0.05, 0) is 55.9 Å². The molecule has 2 saturated carbocycles. The van der Waals surface area contributed by atoms with Crippen LogP contribution in [0.5, 0.6) is 0 Å². The summed E-state index contributed by atoms with van der Waals surface area (Å²) in [6, 6.07) is 3.28. The Hall–Kier alpha value is -0.376. The summed E-state index contributed by atoms with van der Waals surface area (Å²) in [7, 11) is 0. The van der Waals surface area contributed by atoms with Gasteiger partial charge in [-0.1, -0.05) is 19.0 Å². The summed E-state index contributed by atoms with van der Waals surface area (Å²) in [6.07, 6.45) is 8.44. The van der Waals surface area contributed by atoms with Crippen molar-refractivity contribution < 1.29 is 18.6 Å². The van der Waals surface area contributed by atoms with E-state index < -0.39 is 5.69 Å². The molecule has 2 aromatic heterocycles. The number of hydrogen-bond acceptors (Lipinski definition) is 6. The number of aromatic nitrogens is 4. The number of rotatable bonds is 4. The minimum absolute atomic E-state index is 0. The van der Waals surface area contributed by atoms with Crippen LogP contribution < -0.4 is 11.2 Å². The summed E-state index contributed by atoms with van der Waals surface area (Å²) < 4.78 is 0.170. The quantitative estimate of drug-likeness (QED) is 0.484. The summed E-state index contributed by atoms with van der Waals surface area (Å²) in [6.45, 7) is 0. The van der Waals surface area contributed by atoms with E-state index in [9.17, 15) is 9.59 Å². The van der Waals surface area contributed by atoms with Crippen molar-refractivity contribution in [3.8, 4) is 0 Å². The fraction of sp³-hybridized carbons (Fsp3) is 0.529. The Morgan fingerprint density at radius 1 is 0.964 bits per heavy atom. The number of H-pyrrole nitrogens is 2. The molecule has 0 spiro atoms. The largest absolute Gasteiger partial charge is 0.325 e. The summed E-state index contributed by atoms with van der Waals surface area (Å²) in [4.78, 5) is 34.8. The molecule has 0 aliphatic heterocycles. The van der Waals surface area contributed by atoms with Gasteiger partial charge in [-0.15, -0.1) is 0 Å². The van der Waals surface area contributed by atoms with Crippen molar-refractivity contribution in [2.24, 2.45) is 0 Å². The molecule has 1 radical (unpaired) electrons. The Kier molecular flexibility index (Phi) is 9.25. The molecule has 0 amide bonds. The van der Waals surface area contributed by atoms with Gasteiger partial charge in [0.2, 0.25) is 5.28 Å². The van der Waals surface area contributed by atoms with Crippen LogP contribution >= 0.6 is 46.7 Å². The summed E-state index contributed by atoms with van der Waals surface area (Å²) in [5.74, 6) is 0. The zero-order valence-electron chi connectivity index (χ0n) is 14.7. The second kappa shape index (κ2) is 10.1. The molecule has 4 rings (SSSR count). The van der Waals surface area contributed by atoms with Crippen LogP contribution in [0.4, 0.5) is 0 Å². The molecule has 0 saturated heterocycles. The molecular formula is C17H22Cl2N4O2S2V. The molecule has 0 atom stereocenters. The van der Waals surface area contributed by atoms with Gasteiger partial charge in [-0.3, -0.25) is 9.78 Å². The van der Waals surface area contributed by atoms with Crippen molar-refractivity contribution >= 4 is 46.7 Å². The molecule has 11 heteroatoms. The van der Waals surface area contributed by atoms with E-state index in [2.05, 4.69) is 26.2 Å². The molecule has 153 valence electrons. The van der Waals surface area contributed by atoms with Crippen molar-refractivity contribution in [3.63, 3.8) is 0 Å². The molecule has 2 aromatic rings. The van der Waals surface area contributed by atoms with Gasteiger partial charge in [-0.2, -0.15) is 23.5 Å². The smallest absolute Gasteiger partial charge is 0.310 e. The number of nitrogens with zero attached hydrogens (tertiary/aromatic N) is 2. The number of aromatic amines is 2. The second-order valence-corrected chi connectivity index (χ2v) is 9.35. The Bertz CT molecular complexity index is 881. The van der Waals surface area contributed by atoms with Crippen LogP contribution in [0.25, 0.3) is 0 Å². The van der Waals surface area contributed by atoms with Crippen molar-refractivity contribution in [1.29, 1.82) is 0 Å². The van der Waals surface area contributed by atoms with Crippen molar-refractivity contribution in [1.82, 2.24) is 19.9 Å². The SMILES string of the molecule is C.CSC1(c2cc(=O)[nH]c(=O)[nH]2)CC1.CSC1(c2cc(Cl)nc(Cl)n2)CC1.[V]. The molecule has 2 heterocycles. The first kappa shape index (κ1) is 25.7. The fourth-order valence-electron chi connectivity index (χ4n) is 2.71. The average Bonchev–Trinajstić information content (AvgIpc) is 3.48. The van der Waals surface area contributed by atoms with Crippen molar-refractivity contribution in [2.75, 3.05) is 12.5 Å². The van der Waals surface area contributed by atoms with Gasteiger partial charge in [-0.25, -0.2) is 14.8 Å². The molecule has 2 N–H and O–H groups in total. The third-order valence-corrected chi connectivity index (χ3v) is 7.75. The molecule has 2 fully saturated rings. The number of halogens is 2. The number of hydrogen-bond donors (Lipinski definition) is 2. The van der Waals surface area contributed by atoms with Crippen LogP contribution in [0, 0.1) is 0 Å². The molecule has 2 aliphatic carbocycles.